The summed E-state index contributed by atoms with van der Waals surface area (Å²) in [6, 6.07) is 36.2. The summed E-state index contributed by atoms with van der Waals surface area (Å²) >= 11 is 0. The molecule has 0 bridgehead atoms. The van der Waals surface area contributed by atoms with E-state index in [2.05, 4.69) is 125 Å². The van der Waals surface area contributed by atoms with Crippen molar-refractivity contribution in [3.8, 4) is 22.3 Å². The molecule has 0 N–H and O–H groups in total. The fourth-order valence-electron chi connectivity index (χ4n) is 9.25. The Kier molecular flexibility index (Phi) is 15.1. The van der Waals surface area contributed by atoms with E-state index in [9.17, 15) is 0 Å². The van der Waals surface area contributed by atoms with E-state index in [1.165, 1.54) is 159 Å². The highest BCUT2D eigenvalue weighted by Crippen LogP contribution is 2.48. The van der Waals surface area contributed by atoms with Crippen LogP contribution in [0.2, 0.25) is 12.1 Å². The quantitative estimate of drug-likeness (QED) is 0.0560. The number of hydrogen-bond acceptors (Lipinski definition) is 0. The Morgan fingerprint density at radius 2 is 0.830 bits per heavy atom. The summed E-state index contributed by atoms with van der Waals surface area (Å²) in [6.45, 7) is 9.24. The van der Waals surface area contributed by atoms with Gasteiger partial charge in [-0.15, -0.1) is 0 Å². The van der Waals surface area contributed by atoms with E-state index in [0.717, 1.165) is 0 Å². The van der Waals surface area contributed by atoms with Gasteiger partial charge in [-0.3, -0.25) is 0 Å². The molecule has 6 rings (SSSR count). The lowest BCUT2D eigenvalue weighted by atomic mass is 9.91. The van der Waals surface area contributed by atoms with Crippen LogP contribution in [0.15, 0.2) is 96.1 Å². The third-order valence-electron chi connectivity index (χ3n) is 12.4. The zero-order chi connectivity index (χ0) is 36.8. The van der Waals surface area contributed by atoms with Gasteiger partial charge in [0, 0.05) is 21.4 Å². The molecule has 0 aromatic heterocycles. The van der Waals surface area contributed by atoms with Gasteiger partial charge in [0.1, 0.15) is 0 Å². The number of unbranched alkanes of at least 4 members (excludes halogenated alkanes) is 8. The van der Waals surface area contributed by atoms with Gasteiger partial charge in [-0.2, -0.15) is 0 Å². The second-order valence-corrected chi connectivity index (χ2v) is 18.2. The van der Waals surface area contributed by atoms with Gasteiger partial charge in [0.2, 0.25) is 0 Å². The van der Waals surface area contributed by atoms with E-state index < -0.39 is 0 Å². The molecular formula is C52H68Si. The second-order valence-electron chi connectivity index (χ2n) is 16.3. The Labute approximate surface area is 326 Å². The number of rotatable bonds is 22. The maximum absolute atomic E-state index is 2.64. The molecule has 2 atom stereocenters. The van der Waals surface area contributed by atoms with E-state index in [4.69, 9.17) is 0 Å². The van der Waals surface area contributed by atoms with Crippen molar-refractivity contribution in [2.75, 3.05) is 0 Å². The Balaban J connectivity index is 1.22. The van der Waals surface area contributed by atoms with E-state index in [1.807, 2.05) is 0 Å². The minimum absolute atomic E-state index is 0.315. The van der Waals surface area contributed by atoms with Gasteiger partial charge in [-0.05, 0) is 107 Å². The molecule has 0 amide bonds. The first-order valence-electron chi connectivity index (χ1n) is 22.0. The summed E-state index contributed by atoms with van der Waals surface area (Å²) < 4.78 is 0. The van der Waals surface area contributed by atoms with E-state index >= 15 is 0 Å². The normalized spacial score (nSPS) is 16.3. The van der Waals surface area contributed by atoms with Crippen LogP contribution < -0.4 is 0 Å². The van der Waals surface area contributed by atoms with Crippen LogP contribution in [-0.4, -0.2) is 9.52 Å². The van der Waals surface area contributed by atoms with E-state index in [1.54, 1.807) is 22.3 Å². The highest BCUT2D eigenvalue weighted by molar-refractivity contribution is 6.36. The average Bonchev–Trinajstić information content (AvgIpc) is 3.74. The number of aryl methyl sites for hydroxylation is 2. The van der Waals surface area contributed by atoms with Crippen molar-refractivity contribution in [2.45, 2.75) is 154 Å². The highest BCUT2D eigenvalue weighted by atomic mass is 28.2. The van der Waals surface area contributed by atoms with Crippen molar-refractivity contribution in [2.24, 2.45) is 0 Å². The first-order chi connectivity index (χ1) is 26.1. The third-order valence-corrected chi connectivity index (χ3v) is 14.3. The average molecular weight is 721 g/mol. The van der Waals surface area contributed by atoms with Crippen LogP contribution in [0, 0.1) is 0 Å². The molecule has 2 aliphatic carbocycles. The monoisotopic (exact) mass is 721 g/mol. The Bertz CT molecular complexity index is 1650. The Hall–Kier alpha value is -3.42. The lowest BCUT2D eigenvalue weighted by Crippen LogP contribution is -2.08. The summed E-state index contributed by atoms with van der Waals surface area (Å²) in [5, 5.41) is 0. The van der Waals surface area contributed by atoms with Crippen molar-refractivity contribution in [1.82, 2.24) is 0 Å². The highest BCUT2D eigenvalue weighted by Gasteiger charge is 2.30. The predicted octanol–water partition coefficient (Wildman–Crippen LogP) is 15.3. The minimum atomic E-state index is -0.315. The molecule has 2 aliphatic rings. The molecule has 280 valence electrons. The molecule has 0 saturated carbocycles. The Morgan fingerprint density at radius 3 is 1.23 bits per heavy atom. The SMILES string of the molecule is CCCCCCC1=Cc2c(-c3ccc(CCCC)cc3)cccc2C1C[SiH2]CC1C(CCCCCC)=Cc2c(-c3ccc(CCCC)cc3)cccc21. The standard InChI is InChI=1S/C52H68Si/c1-5-9-13-15-21-43-35-49-45(41-31-27-39(28-32-41)19-11-7-3)23-17-25-47(49)51(43)37-53-38-52-44(22-16-14-10-6-2)36-50-46(24-18-26-48(50)52)42-33-29-40(30-34-42)20-12-8-4/h17-18,23-36,51-52H,5-16,19-22,37-38,53H2,1-4H3. The first kappa shape index (κ1) is 39.3. The van der Waals surface area contributed by atoms with Gasteiger partial charge < -0.3 is 0 Å². The number of fused-ring (bicyclic) bond motifs is 2. The molecular weight excluding hydrogens is 653 g/mol. The fraction of sp³-hybridized carbons (Fsp3) is 0.462. The molecule has 0 saturated heterocycles. The minimum Gasteiger partial charge on any atom is -0.0654 e. The van der Waals surface area contributed by atoms with Gasteiger partial charge in [0.05, 0.1) is 0 Å². The van der Waals surface area contributed by atoms with Crippen LogP contribution in [0.4, 0.5) is 0 Å². The molecule has 4 aromatic rings. The van der Waals surface area contributed by atoms with E-state index in [-0.39, 0.29) is 9.52 Å². The van der Waals surface area contributed by atoms with Crippen LogP contribution in [-0.2, 0) is 12.8 Å². The van der Waals surface area contributed by atoms with Gasteiger partial charge >= 0.3 is 0 Å². The van der Waals surface area contributed by atoms with Crippen molar-refractivity contribution in [1.29, 1.82) is 0 Å². The lowest BCUT2D eigenvalue weighted by Gasteiger charge is -2.21. The van der Waals surface area contributed by atoms with E-state index in [0.29, 0.717) is 11.8 Å². The molecule has 53 heavy (non-hydrogen) atoms. The number of allylic oxidation sites excluding steroid dienone is 2. The zero-order valence-electron chi connectivity index (χ0n) is 33.8. The van der Waals surface area contributed by atoms with Crippen LogP contribution in [0.3, 0.4) is 0 Å². The molecule has 0 radical (unpaired) electrons. The molecule has 1 heteroatoms. The maximum Gasteiger partial charge on any atom is 0.0218 e. The largest absolute Gasteiger partial charge is 0.0654 e. The lowest BCUT2D eigenvalue weighted by molar-refractivity contribution is 0.648. The molecule has 0 spiro atoms. The van der Waals surface area contributed by atoms with Crippen LogP contribution in [0.5, 0.6) is 0 Å². The van der Waals surface area contributed by atoms with Gasteiger partial charge in [0.25, 0.3) is 0 Å². The number of hydrogen-bond donors (Lipinski definition) is 0. The van der Waals surface area contributed by atoms with Crippen molar-refractivity contribution < 1.29 is 0 Å². The van der Waals surface area contributed by atoms with Crippen molar-refractivity contribution in [3.63, 3.8) is 0 Å². The molecule has 0 fully saturated rings. The molecule has 2 unspecified atom stereocenters. The van der Waals surface area contributed by atoms with Crippen molar-refractivity contribution in [3.05, 3.63) is 129 Å². The topological polar surface area (TPSA) is 0 Å². The summed E-state index contributed by atoms with van der Waals surface area (Å²) in [4.78, 5) is 0. The smallest absolute Gasteiger partial charge is 0.0218 e. The predicted molar refractivity (Wildman–Crippen MR) is 238 cm³/mol. The molecule has 0 aliphatic heterocycles. The first-order valence-corrected chi connectivity index (χ1v) is 24.0. The number of benzene rings is 4. The summed E-state index contributed by atoms with van der Waals surface area (Å²) in [5.74, 6) is 1.22. The molecule has 0 nitrogen and oxygen atoms in total. The fourth-order valence-corrected chi connectivity index (χ4v) is 11.7. The summed E-state index contributed by atoms with van der Waals surface area (Å²) in [5.41, 5.74) is 18.3. The molecule has 4 aromatic carbocycles. The zero-order valence-corrected chi connectivity index (χ0v) is 35.2. The third kappa shape index (κ3) is 10.0. The summed E-state index contributed by atoms with van der Waals surface area (Å²) in [7, 11) is -0.315. The van der Waals surface area contributed by atoms with Crippen molar-refractivity contribution >= 4 is 21.7 Å². The molecule has 0 heterocycles. The maximum atomic E-state index is 2.64. The van der Waals surface area contributed by atoms with Gasteiger partial charge in [-0.1, -0.05) is 199 Å². The summed E-state index contributed by atoms with van der Waals surface area (Å²) in [6.07, 6.45) is 25.9. The van der Waals surface area contributed by atoms with Crippen LogP contribution in [0.1, 0.15) is 163 Å². The Morgan fingerprint density at radius 1 is 0.415 bits per heavy atom. The van der Waals surface area contributed by atoms with Crippen LogP contribution >= 0.6 is 0 Å². The van der Waals surface area contributed by atoms with Gasteiger partial charge in [0.15, 0.2) is 0 Å². The second kappa shape index (κ2) is 20.3. The van der Waals surface area contributed by atoms with Gasteiger partial charge in [-0.25, -0.2) is 0 Å². The van der Waals surface area contributed by atoms with Crippen LogP contribution in [0.25, 0.3) is 34.4 Å².